The maximum Gasteiger partial charge on any atom is 0.202 e. The maximum absolute atomic E-state index is 4.23. The molecule has 0 aromatic carbocycles. The van der Waals surface area contributed by atoms with Gasteiger partial charge in [0.05, 0.1) is 0 Å². The summed E-state index contributed by atoms with van der Waals surface area (Å²) in [6, 6.07) is 0.658. The van der Waals surface area contributed by atoms with Crippen molar-refractivity contribution in [2.24, 2.45) is 7.05 Å². The van der Waals surface area contributed by atoms with Crippen molar-refractivity contribution < 1.29 is 0 Å². The lowest BCUT2D eigenvalue weighted by Crippen LogP contribution is -2.17. The Bertz CT molecular complexity index is 248. The van der Waals surface area contributed by atoms with Crippen molar-refractivity contribution in [1.82, 2.24) is 9.55 Å². The van der Waals surface area contributed by atoms with Crippen LogP contribution in [0.5, 0.6) is 0 Å². The largest absolute Gasteiger partial charge is 0.353 e. The summed E-state index contributed by atoms with van der Waals surface area (Å²) in [5, 5.41) is 3.44. The van der Waals surface area contributed by atoms with Gasteiger partial charge in [-0.3, -0.25) is 0 Å². The van der Waals surface area contributed by atoms with Gasteiger partial charge in [0.15, 0.2) is 0 Å². The predicted molar refractivity (Wildman–Crippen MR) is 49.1 cm³/mol. The van der Waals surface area contributed by atoms with E-state index in [-0.39, 0.29) is 0 Å². The molecule has 1 N–H and O–H groups in total. The number of anilines is 1. The van der Waals surface area contributed by atoms with Crippen LogP contribution >= 0.6 is 0 Å². The highest BCUT2D eigenvalue weighted by atomic mass is 15.2. The van der Waals surface area contributed by atoms with Crippen molar-refractivity contribution in [2.45, 2.75) is 31.7 Å². The van der Waals surface area contributed by atoms with Gasteiger partial charge in [0.2, 0.25) is 5.95 Å². The molecule has 3 heteroatoms. The van der Waals surface area contributed by atoms with Crippen LogP contribution in [0, 0.1) is 0 Å². The van der Waals surface area contributed by atoms with Crippen LogP contribution in [0.2, 0.25) is 0 Å². The van der Waals surface area contributed by atoms with E-state index >= 15 is 0 Å². The number of nitrogens with zero attached hydrogens (tertiary/aromatic N) is 2. The molecule has 0 amide bonds. The topological polar surface area (TPSA) is 29.9 Å². The van der Waals surface area contributed by atoms with Crippen LogP contribution in [-0.2, 0) is 7.05 Å². The van der Waals surface area contributed by atoms with Crippen molar-refractivity contribution >= 4 is 5.95 Å². The van der Waals surface area contributed by atoms with E-state index in [1.807, 2.05) is 24.0 Å². The number of imidazole rings is 1. The Morgan fingerprint density at radius 1 is 1.50 bits per heavy atom. The smallest absolute Gasteiger partial charge is 0.202 e. The number of nitrogens with one attached hydrogen (secondary N) is 1. The second-order valence-corrected chi connectivity index (χ2v) is 3.49. The third-order valence-corrected chi connectivity index (χ3v) is 2.51. The number of hydrogen-bond acceptors (Lipinski definition) is 2. The van der Waals surface area contributed by atoms with Gasteiger partial charge in [-0.05, 0) is 12.8 Å². The molecule has 0 atom stereocenters. The van der Waals surface area contributed by atoms with E-state index < -0.39 is 0 Å². The highest BCUT2D eigenvalue weighted by molar-refractivity contribution is 5.27. The molecule has 12 heavy (non-hydrogen) atoms. The fourth-order valence-electron chi connectivity index (χ4n) is 1.76. The van der Waals surface area contributed by atoms with Gasteiger partial charge in [-0.1, -0.05) is 12.8 Å². The molecule has 1 aliphatic carbocycles. The third-order valence-electron chi connectivity index (χ3n) is 2.51. The van der Waals surface area contributed by atoms with E-state index in [0.717, 1.165) is 5.95 Å². The number of aromatic nitrogens is 2. The van der Waals surface area contributed by atoms with Crippen LogP contribution in [0.3, 0.4) is 0 Å². The summed E-state index contributed by atoms with van der Waals surface area (Å²) in [7, 11) is 2.02. The zero-order valence-corrected chi connectivity index (χ0v) is 7.45. The van der Waals surface area contributed by atoms with Crippen molar-refractivity contribution in [3.8, 4) is 0 Å². The van der Waals surface area contributed by atoms with Crippen molar-refractivity contribution in [2.75, 3.05) is 5.32 Å². The van der Waals surface area contributed by atoms with Gasteiger partial charge in [0.1, 0.15) is 0 Å². The fourth-order valence-corrected chi connectivity index (χ4v) is 1.76. The minimum Gasteiger partial charge on any atom is -0.353 e. The minimum absolute atomic E-state index is 0.658. The summed E-state index contributed by atoms with van der Waals surface area (Å²) in [6.45, 7) is 0. The number of hydrogen-bond donors (Lipinski definition) is 1. The Morgan fingerprint density at radius 3 is 2.83 bits per heavy atom. The average molecular weight is 165 g/mol. The van der Waals surface area contributed by atoms with E-state index in [2.05, 4.69) is 10.3 Å². The average Bonchev–Trinajstić information content (AvgIpc) is 2.65. The summed E-state index contributed by atoms with van der Waals surface area (Å²) in [4.78, 5) is 4.23. The van der Waals surface area contributed by atoms with E-state index in [1.54, 1.807) is 0 Å². The normalized spacial score (nSPS) is 18.4. The van der Waals surface area contributed by atoms with Gasteiger partial charge in [-0.15, -0.1) is 0 Å². The molecule has 3 nitrogen and oxygen atoms in total. The molecule has 0 spiro atoms. The van der Waals surface area contributed by atoms with Crippen molar-refractivity contribution in [3.05, 3.63) is 12.4 Å². The van der Waals surface area contributed by atoms with Gasteiger partial charge in [0.25, 0.3) is 0 Å². The number of aryl methyl sites for hydroxylation is 1. The Balaban J connectivity index is 1.98. The Labute approximate surface area is 72.8 Å². The highest BCUT2D eigenvalue weighted by Crippen LogP contribution is 2.20. The SMILES string of the molecule is Cn1ccnc1NC1CCCC1. The van der Waals surface area contributed by atoms with Crippen molar-refractivity contribution in [1.29, 1.82) is 0 Å². The molecule has 66 valence electrons. The van der Waals surface area contributed by atoms with Gasteiger partial charge < -0.3 is 9.88 Å². The van der Waals surface area contributed by atoms with Crippen LogP contribution in [0.4, 0.5) is 5.95 Å². The molecular weight excluding hydrogens is 150 g/mol. The Kier molecular flexibility index (Phi) is 2.02. The molecule has 1 aromatic heterocycles. The minimum atomic E-state index is 0.658. The first-order chi connectivity index (χ1) is 5.86. The molecular formula is C9H15N3. The molecule has 0 saturated heterocycles. The van der Waals surface area contributed by atoms with E-state index in [0.29, 0.717) is 6.04 Å². The molecule has 0 radical (unpaired) electrons. The predicted octanol–water partition coefficient (Wildman–Crippen LogP) is 1.77. The second kappa shape index (κ2) is 3.17. The molecule has 1 fully saturated rings. The standard InChI is InChI=1S/C9H15N3/c1-12-7-6-10-9(12)11-8-4-2-3-5-8/h6-8H,2-5H2,1H3,(H,10,11). The van der Waals surface area contributed by atoms with Gasteiger partial charge in [0, 0.05) is 25.5 Å². The number of rotatable bonds is 2. The highest BCUT2D eigenvalue weighted by Gasteiger charge is 2.15. The summed E-state index contributed by atoms with van der Waals surface area (Å²) >= 11 is 0. The van der Waals surface area contributed by atoms with E-state index in [9.17, 15) is 0 Å². The first-order valence-electron chi connectivity index (χ1n) is 4.60. The monoisotopic (exact) mass is 165 g/mol. The zero-order chi connectivity index (χ0) is 8.39. The quantitative estimate of drug-likeness (QED) is 0.723. The summed E-state index contributed by atoms with van der Waals surface area (Å²) in [5.74, 6) is 1.00. The Hall–Kier alpha value is -0.990. The molecule has 0 unspecified atom stereocenters. The lowest BCUT2D eigenvalue weighted by atomic mass is 10.3. The van der Waals surface area contributed by atoms with Gasteiger partial charge in [-0.2, -0.15) is 0 Å². The molecule has 0 bridgehead atoms. The van der Waals surface area contributed by atoms with E-state index in [4.69, 9.17) is 0 Å². The van der Waals surface area contributed by atoms with E-state index in [1.165, 1.54) is 25.7 Å². The fraction of sp³-hybridized carbons (Fsp3) is 0.667. The molecule has 1 aromatic rings. The summed E-state index contributed by atoms with van der Waals surface area (Å²) < 4.78 is 2.03. The maximum atomic E-state index is 4.23. The molecule has 1 saturated carbocycles. The van der Waals surface area contributed by atoms with Crippen molar-refractivity contribution in [3.63, 3.8) is 0 Å². The van der Waals surface area contributed by atoms with Crippen LogP contribution in [0.25, 0.3) is 0 Å². The third kappa shape index (κ3) is 1.44. The van der Waals surface area contributed by atoms with Crippen LogP contribution in [-0.4, -0.2) is 15.6 Å². The molecule has 2 rings (SSSR count). The lowest BCUT2D eigenvalue weighted by molar-refractivity contribution is 0.732. The molecule has 1 aliphatic rings. The summed E-state index contributed by atoms with van der Waals surface area (Å²) in [5.41, 5.74) is 0. The lowest BCUT2D eigenvalue weighted by Gasteiger charge is -2.11. The van der Waals surface area contributed by atoms with Crippen LogP contribution in [0.1, 0.15) is 25.7 Å². The molecule has 0 aliphatic heterocycles. The molecule has 1 heterocycles. The summed E-state index contributed by atoms with van der Waals surface area (Å²) in [6.07, 6.45) is 9.12. The van der Waals surface area contributed by atoms with Crippen LogP contribution < -0.4 is 5.32 Å². The van der Waals surface area contributed by atoms with Gasteiger partial charge >= 0.3 is 0 Å². The first-order valence-corrected chi connectivity index (χ1v) is 4.60. The second-order valence-electron chi connectivity index (χ2n) is 3.49. The first kappa shape index (κ1) is 7.65. The zero-order valence-electron chi connectivity index (χ0n) is 7.45. The van der Waals surface area contributed by atoms with Gasteiger partial charge in [-0.25, -0.2) is 4.98 Å². The van der Waals surface area contributed by atoms with Crippen LogP contribution in [0.15, 0.2) is 12.4 Å². The Morgan fingerprint density at radius 2 is 2.25 bits per heavy atom.